The van der Waals surface area contributed by atoms with Crippen molar-refractivity contribution < 1.29 is 8.83 Å². The highest BCUT2D eigenvalue weighted by Crippen LogP contribution is 2.42. The van der Waals surface area contributed by atoms with Gasteiger partial charge in [0.05, 0.1) is 17.6 Å². The Morgan fingerprint density at radius 3 is 2.00 bits per heavy atom. The molecule has 6 nitrogen and oxygen atoms in total. The molecule has 0 aliphatic rings. The zero-order valence-electron chi connectivity index (χ0n) is 35.2. The van der Waals surface area contributed by atoms with Crippen LogP contribution in [0, 0.1) is 0 Å². The summed E-state index contributed by atoms with van der Waals surface area (Å²) in [6.45, 7) is 6.66. The van der Waals surface area contributed by atoms with Crippen LogP contribution in [-0.4, -0.2) is 16.2 Å². The maximum atomic E-state index is 7.15. The molecule has 306 valence electrons. The maximum Gasteiger partial charge on any atom is 0.157 e. The van der Waals surface area contributed by atoms with Crippen LogP contribution >= 0.6 is 0 Å². The van der Waals surface area contributed by atoms with Gasteiger partial charge in [-0.15, -0.1) is 0 Å². The second-order valence-corrected chi connectivity index (χ2v) is 15.8. The lowest BCUT2D eigenvalue weighted by Gasteiger charge is -2.11. The van der Waals surface area contributed by atoms with E-state index in [9.17, 15) is 0 Å². The average molecular weight is 827 g/mol. The third kappa shape index (κ3) is 6.60. The van der Waals surface area contributed by atoms with Gasteiger partial charge in [-0.2, -0.15) is 0 Å². The molecule has 0 fully saturated rings. The van der Waals surface area contributed by atoms with Gasteiger partial charge in [0.15, 0.2) is 5.84 Å². The highest BCUT2D eigenvalue weighted by atomic mass is 16.3. The molecular weight excluding hydrogens is 785 g/mol. The quantitative estimate of drug-likeness (QED) is 0.122. The summed E-state index contributed by atoms with van der Waals surface area (Å²) in [6, 6.07) is 64.8. The van der Waals surface area contributed by atoms with Crippen molar-refractivity contribution in [2.24, 2.45) is 15.7 Å². The van der Waals surface area contributed by atoms with Crippen molar-refractivity contribution in [3.63, 3.8) is 0 Å². The molecule has 8 aromatic carbocycles. The van der Waals surface area contributed by atoms with Gasteiger partial charge in [-0.25, -0.2) is 4.99 Å². The van der Waals surface area contributed by atoms with Crippen molar-refractivity contribution in [1.82, 2.24) is 4.57 Å². The number of nitrogens with zero attached hydrogens (tertiary/aromatic N) is 3. The summed E-state index contributed by atoms with van der Waals surface area (Å²) in [5.74, 6) is 0.780. The summed E-state index contributed by atoms with van der Waals surface area (Å²) in [4.78, 5) is 10.3. The Morgan fingerprint density at radius 1 is 0.609 bits per heavy atom. The van der Waals surface area contributed by atoms with Gasteiger partial charge < -0.3 is 19.1 Å². The summed E-state index contributed by atoms with van der Waals surface area (Å²) in [5.41, 5.74) is 20.2. The number of amidine groups is 2. The Hall–Kier alpha value is -8.48. The fourth-order valence-electron chi connectivity index (χ4n) is 9.11. The Balaban J connectivity index is 1.09. The standard InChI is InChI=1S/C58H42N4O2/c1-3-42(54-48-35-39(30-33-53(48)63-51(54)4-2)43-31-32-44(38-20-9-6-10-21-38)56-55(43)47-26-13-16-29-52(47)64-56)57(59)61-58(60-36-37-18-7-5-8-19-37)40-22-17-23-41(34-40)62-49-27-14-11-24-45(49)46-25-12-15-28-50(46)62/h3-35H,1,36H2,2H3,(H2,59,60,61)/b51-4+,54-42+. The molecule has 0 aliphatic carbocycles. The molecule has 0 atom stereocenters. The van der Waals surface area contributed by atoms with Crippen molar-refractivity contribution in [2.45, 2.75) is 13.5 Å². The molecule has 0 spiro atoms. The lowest BCUT2D eigenvalue weighted by Crippen LogP contribution is -2.29. The number of aromatic nitrogens is 1. The van der Waals surface area contributed by atoms with Gasteiger partial charge in [-0.1, -0.05) is 152 Å². The predicted molar refractivity (Wildman–Crippen MR) is 266 cm³/mol. The van der Waals surface area contributed by atoms with E-state index < -0.39 is 0 Å². The van der Waals surface area contributed by atoms with Crippen LogP contribution in [0.4, 0.5) is 0 Å². The van der Waals surface area contributed by atoms with Crippen molar-refractivity contribution >= 4 is 78.0 Å². The zero-order chi connectivity index (χ0) is 43.1. The topological polar surface area (TPSA) is 82.0 Å². The fraction of sp³-hybridized carbons (Fsp3) is 0.0345. The molecule has 11 rings (SSSR count). The van der Waals surface area contributed by atoms with E-state index >= 15 is 0 Å². The normalized spacial score (nSPS) is 13.2. The molecule has 3 heterocycles. The van der Waals surface area contributed by atoms with E-state index in [2.05, 4.69) is 151 Å². The Bertz CT molecular complexity index is 3740. The van der Waals surface area contributed by atoms with Gasteiger partial charge in [-0.3, -0.25) is 4.99 Å². The summed E-state index contributed by atoms with van der Waals surface area (Å²) in [6.07, 6.45) is 3.73. The van der Waals surface area contributed by atoms with Crippen molar-refractivity contribution in [1.29, 1.82) is 0 Å². The van der Waals surface area contributed by atoms with Crippen LogP contribution in [0.15, 0.2) is 220 Å². The number of hydrogen-bond acceptors (Lipinski definition) is 3. The smallest absolute Gasteiger partial charge is 0.157 e. The Morgan fingerprint density at radius 2 is 1.27 bits per heavy atom. The van der Waals surface area contributed by atoms with Crippen LogP contribution in [-0.2, 0) is 6.54 Å². The first-order chi connectivity index (χ1) is 31.6. The Labute approximate surface area is 369 Å². The number of hydrogen-bond donors (Lipinski definition) is 1. The molecule has 0 saturated heterocycles. The molecule has 0 radical (unpaired) electrons. The van der Waals surface area contributed by atoms with Crippen LogP contribution in [0.5, 0.6) is 0 Å². The lowest BCUT2D eigenvalue weighted by atomic mass is 9.94. The molecule has 0 aliphatic heterocycles. The largest absolute Gasteiger partial charge is 0.456 e. The molecule has 11 aromatic rings. The van der Waals surface area contributed by atoms with Crippen molar-refractivity contribution in [3.8, 4) is 27.9 Å². The third-order valence-corrected chi connectivity index (χ3v) is 12.1. The first-order valence-electron chi connectivity index (χ1n) is 21.5. The van der Waals surface area contributed by atoms with E-state index in [1.165, 1.54) is 10.8 Å². The predicted octanol–water partition coefficient (Wildman–Crippen LogP) is 12.9. The van der Waals surface area contributed by atoms with Crippen LogP contribution in [0.25, 0.3) is 94.3 Å². The summed E-state index contributed by atoms with van der Waals surface area (Å²) in [5, 5.41) is 6.20. The second kappa shape index (κ2) is 16.1. The number of fused-ring (bicyclic) bond motifs is 7. The minimum atomic E-state index is 0.274. The lowest BCUT2D eigenvalue weighted by molar-refractivity contribution is 0.575. The molecule has 0 saturated carbocycles. The molecule has 0 unspecified atom stereocenters. The van der Waals surface area contributed by atoms with Gasteiger partial charge in [-0.05, 0) is 83.8 Å². The average Bonchev–Trinajstić information content (AvgIpc) is 4.03. The van der Waals surface area contributed by atoms with E-state index in [1.54, 1.807) is 6.08 Å². The van der Waals surface area contributed by atoms with Gasteiger partial charge in [0.1, 0.15) is 28.0 Å². The SMILES string of the molecule is C=C/C(C(N)=NC(=NCc1ccccc1)c1cccc(-n2c3ccccc3c3ccccc32)c1)=c1\c(=C/C)oc2ccc(-c3ccc(-c4ccccc4)c4oc5ccccc5c34)cc12. The van der Waals surface area contributed by atoms with Gasteiger partial charge in [0.25, 0.3) is 0 Å². The van der Waals surface area contributed by atoms with Crippen molar-refractivity contribution in [3.05, 3.63) is 222 Å². The van der Waals surface area contributed by atoms with Gasteiger partial charge in [0, 0.05) is 54.5 Å². The second-order valence-electron chi connectivity index (χ2n) is 15.8. The van der Waals surface area contributed by atoms with Crippen LogP contribution in [0.2, 0.25) is 0 Å². The first-order valence-corrected chi connectivity index (χ1v) is 21.5. The number of benzene rings is 8. The number of furan rings is 2. The minimum Gasteiger partial charge on any atom is -0.456 e. The molecule has 2 N–H and O–H groups in total. The molecule has 3 aromatic heterocycles. The van der Waals surface area contributed by atoms with Crippen LogP contribution < -0.4 is 16.4 Å². The Kier molecular flexibility index (Phi) is 9.66. The molecule has 0 amide bonds. The molecule has 64 heavy (non-hydrogen) atoms. The molecule has 6 heteroatoms. The zero-order valence-corrected chi connectivity index (χ0v) is 35.2. The van der Waals surface area contributed by atoms with Crippen molar-refractivity contribution in [2.75, 3.05) is 0 Å². The van der Waals surface area contributed by atoms with Crippen LogP contribution in [0.3, 0.4) is 0 Å². The monoisotopic (exact) mass is 826 g/mol. The van der Waals surface area contributed by atoms with Gasteiger partial charge >= 0.3 is 0 Å². The third-order valence-electron chi connectivity index (χ3n) is 12.1. The maximum absolute atomic E-state index is 7.15. The summed E-state index contributed by atoms with van der Waals surface area (Å²) in [7, 11) is 0. The number of rotatable bonds is 8. The first kappa shape index (κ1) is 38.4. The van der Waals surface area contributed by atoms with E-state index in [4.69, 9.17) is 24.6 Å². The van der Waals surface area contributed by atoms with E-state index in [-0.39, 0.29) is 5.84 Å². The van der Waals surface area contributed by atoms with Crippen LogP contribution in [0.1, 0.15) is 18.1 Å². The number of nitrogens with two attached hydrogens (primary N) is 1. The van der Waals surface area contributed by atoms with E-state index in [1.807, 2.05) is 61.5 Å². The number of para-hydroxylation sites is 3. The van der Waals surface area contributed by atoms with E-state index in [0.717, 1.165) is 88.2 Å². The summed E-state index contributed by atoms with van der Waals surface area (Å²) < 4.78 is 15.4. The summed E-state index contributed by atoms with van der Waals surface area (Å²) >= 11 is 0. The molecule has 0 bridgehead atoms. The fourth-order valence-corrected chi connectivity index (χ4v) is 9.11. The molecular formula is C58H42N4O2. The van der Waals surface area contributed by atoms with Gasteiger partial charge in [0.2, 0.25) is 0 Å². The number of aliphatic imine (C=N–C) groups is 2. The minimum absolute atomic E-state index is 0.274. The van der Waals surface area contributed by atoms with E-state index in [0.29, 0.717) is 23.4 Å². The highest BCUT2D eigenvalue weighted by molar-refractivity contribution is 6.25. The highest BCUT2D eigenvalue weighted by Gasteiger charge is 2.19.